The van der Waals surface area contributed by atoms with E-state index < -0.39 is 0 Å². The number of benzene rings is 1. The van der Waals surface area contributed by atoms with Crippen LogP contribution in [0.4, 0.5) is 0 Å². The number of hydrogen-bond donors (Lipinski definition) is 2. The molecule has 1 aromatic carbocycles. The maximum atomic E-state index is 12.9. The largest absolute Gasteiger partial charge is 0.339 e. The Morgan fingerprint density at radius 2 is 1.85 bits per heavy atom. The van der Waals surface area contributed by atoms with Gasteiger partial charge in [-0.1, -0.05) is 13.8 Å². The van der Waals surface area contributed by atoms with Gasteiger partial charge in [-0.15, -0.1) is 0 Å². The van der Waals surface area contributed by atoms with Gasteiger partial charge in [-0.05, 0) is 49.3 Å². The molecule has 2 unspecified atom stereocenters. The highest BCUT2D eigenvalue weighted by molar-refractivity contribution is 5.97. The standard InChI is InChI=1S/C20H27N5O/c1-13(2)17-12-18(24-23-17)14-5-9-25(10-6-14)20(26)15-3-4-16-19(11-15)22-8-7-21-16/h3-4,7-8,11,13-14,17-18,23-24H,5-6,9-10,12H2,1-2H3. The Morgan fingerprint density at radius 3 is 2.54 bits per heavy atom. The van der Waals surface area contributed by atoms with Crippen molar-refractivity contribution in [1.29, 1.82) is 0 Å². The lowest BCUT2D eigenvalue weighted by Crippen LogP contribution is -2.44. The van der Waals surface area contributed by atoms with Crippen molar-refractivity contribution in [2.45, 2.75) is 45.2 Å². The summed E-state index contributed by atoms with van der Waals surface area (Å²) in [5, 5.41) is 0. The Bertz CT molecular complexity index is 785. The van der Waals surface area contributed by atoms with Gasteiger partial charge in [0.1, 0.15) is 0 Å². The van der Waals surface area contributed by atoms with Crippen LogP contribution in [0.1, 0.15) is 43.5 Å². The molecule has 2 fully saturated rings. The van der Waals surface area contributed by atoms with Gasteiger partial charge in [0.05, 0.1) is 11.0 Å². The van der Waals surface area contributed by atoms with Crippen LogP contribution in [0.5, 0.6) is 0 Å². The third-order valence-electron chi connectivity index (χ3n) is 5.88. The van der Waals surface area contributed by atoms with Crippen molar-refractivity contribution in [3.05, 3.63) is 36.2 Å². The van der Waals surface area contributed by atoms with Crippen LogP contribution < -0.4 is 10.9 Å². The van der Waals surface area contributed by atoms with Crippen LogP contribution in [0.2, 0.25) is 0 Å². The van der Waals surface area contributed by atoms with E-state index in [2.05, 4.69) is 34.7 Å². The lowest BCUT2D eigenvalue weighted by Gasteiger charge is -2.34. The summed E-state index contributed by atoms with van der Waals surface area (Å²) in [6.45, 7) is 6.17. The van der Waals surface area contributed by atoms with E-state index >= 15 is 0 Å². The highest BCUT2D eigenvalue weighted by Gasteiger charge is 2.34. The SMILES string of the molecule is CC(C)C1CC(C2CCN(C(=O)c3ccc4nccnc4c3)CC2)NN1. The summed E-state index contributed by atoms with van der Waals surface area (Å²) in [6.07, 6.45) is 6.63. The number of aromatic nitrogens is 2. The Hall–Kier alpha value is -2.05. The summed E-state index contributed by atoms with van der Waals surface area (Å²) in [4.78, 5) is 23.4. The van der Waals surface area contributed by atoms with E-state index in [9.17, 15) is 4.79 Å². The Labute approximate surface area is 154 Å². The minimum absolute atomic E-state index is 0.105. The van der Waals surface area contributed by atoms with Gasteiger partial charge in [-0.3, -0.25) is 25.6 Å². The van der Waals surface area contributed by atoms with Crippen molar-refractivity contribution >= 4 is 16.9 Å². The fraction of sp³-hybridized carbons (Fsp3) is 0.550. The molecule has 26 heavy (non-hydrogen) atoms. The van der Waals surface area contributed by atoms with E-state index in [4.69, 9.17) is 0 Å². The molecule has 0 aliphatic carbocycles. The monoisotopic (exact) mass is 353 g/mol. The predicted octanol–water partition coefficient (Wildman–Crippen LogP) is 2.37. The maximum absolute atomic E-state index is 12.9. The smallest absolute Gasteiger partial charge is 0.253 e. The van der Waals surface area contributed by atoms with Crippen LogP contribution in [0.25, 0.3) is 11.0 Å². The summed E-state index contributed by atoms with van der Waals surface area (Å²) in [5.41, 5.74) is 9.22. The fourth-order valence-electron chi connectivity index (χ4n) is 4.14. The molecule has 4 rings (SSSR count). The third-order valence-corrected chi connectivity index (χ3v) is 5.88. The average Bonchev–Trinajstić information content (AvgIpc) is 3.18. The van der Waals surface area contributed by atoms with Crippen LogP contribution >= 0.6 is 0 Å². The number of nitrogens with one attached hydrogen (secondary N) is 2. The number of carbonyl (C=O) groups excluding carboxylic acids is 1. The second-order valence-corrected chi connectivity index (χ2v) is 7.87. The van der Waals surface area contributed by atoms with E-state index in [1.54, 1.807) is 12.4 Å². The highest BCUT2D eigenvalue weighted by atomic mass is 16.2. The van der Waals surface area contributed by atoms with Crippen molar-refractivity contribution in [3.8, 4) is 0 Å². The molecule has 2 saturated heterocycles. The second kappa shape index (κ2) is 7.29. The number of rotatable bonds is 3. The topological polar surface area (TPSA) is 70.2 Å². The lowest BCUT2D eigenvalue weighted by molar-refractivity contribution is 0.0673. The summed E-state index contributed by atoms with van der Waals surface area (Å²) in [6, 6.07) is 6.67. The van der Waals surface area contributed by atoms with E-state index in [1.807, 2.05) is 23.1 Å². The molecule has 2 atom stereocenters. The Morgan fingerprint density at radius 1 is 1.12 bits per heavy atom. The number of fused-ring (bicyclic) bond motifs is 1. The lowest BCUT2D eigenvalue weighted by atomic mass is 9.85. The van der Waals surface area contributed by atoms with Crippen LogP contribution in [0.15, 0.2) is 30.6 Å². The van der Waals surface area contributed by atoms with Crippen molar-refractivity contribution in [1.82, 2.24) is 25.7 Å². The van der Waals surface area contributed by atoms with Gasteiger partial charge in [0.25, 0.3) is 5.91 Å². The van der Waals surface area contributed by atoms with Gasteiger partial charge >= 0.3 is 0 Å². The van der Waals surface area contributed by atoms with Crippen molar-refractivity contribution < 1.29 is 4.79 Å². The molecule has 0 saturated carbocycles. The minimum atomic E-state index is 0.105. The average molecular weight is 353 g/mol. The van der Waals surface area contributed by atoms with Gasteiger partial charge in [0.2, 0.25) is 0 Å². The van der Waals surface area contributed by atoms with E-state index in [-0.39, 0.29) is 5.91 Å². The summed E-state index contributed by atoms with van der Waals surface area (Å²) in [5.74, 6) is 1.39. The second-order valence-electron chi connectivity index (χ2n) is 7.87. The normalized spacial score (nSPS) is 24.5. The minimum Gasteiger partial charge on any atom is -0.339 e. The van der Waals surface area contributed by atoms with Crippen LogP contribution in [0.3, 0.4) is 0 Å². The molecular weight excluding hydrogens is 326 g/mol. The van der Waals surface area contributed by atoms with E-state index in [0.29, 0.717) is 29.5 Å². The fourth-order valence-corrected chi connectivity index (χ4v) is 4.14. The first-order valence-electron chi connectivity index (χ1n) is 9.63. The number of likely N-dealkylation sites (tertiary alicyclic amines) is 1. The van der Waals surface area contributed by atoms with Gasteiger partial charge in [0, 0.05) is 43.1 Å². The Balaban J connectivity index is 1.37. The molecule has 6 heteroatoms. The molecule has 1 aromatic heterocycles. The molecule has 2 aliphatic rings. The zero-order chi connectivity index (χ0) is 18.1. The molecule has 0 spiro atoms. The molecule has 138 valence electrons. The number of nitrogens with zero attached hydrogens (tertiary/aromatic N) is 3. The molecule has 0 bridgehead atoms. The van der Waals surface area contributed by atoms with Crippen molar-refractivity contribution in [2.24, 2.45) is 11.8 Å². The molecule has 2 N–H and O–H groups in total. The zero-order valence-corrected chi connectivity index (χ0v) is 15.5. The zero-order valence-electron chi connectivity index (χ0n) is 15.5. The molecule has 2 aliphatic heterocycles. The summed E-state index contributed by atoms with van der Waals surface area (Å²) < 4.78 is 0. The highest BCUT2D eigenvalue weighted by Crippen LogP contribution is 2.27. The molecular formula is C20H27N5O. The van der Waals surface area contributed by atoms with Gasteiger partial charge in [0.15, 0.2) is 0 Å². The first kappa shape index (κ1) is 17.4. The molecule has 0 radical (unpaired) electrons. The third kappa shape index (κ3) is 3.44. The first-order valence-corrected chi connectivity index (χ1v) is 9.63. The van der Waals surface area contributed by atoms with Gasteiger partial charge < -0.3 is 4.90 Å². The number of carbonyl (C=O) groups is 1. The number of hydrazine groups is 1. The number of piperidine rings is 1. The van der Waals surface area contributed by atoms with E-state index in [0.717, 1.165) is 37.0 Å². The quantitative estimate of drug-likeness (QED) is 0.887. The first-order chi connectivity index (χ1) is 12.6. The van der Waals surface area contributed by atoms with Gasteiger partial charge in [-0.2, -0.15) is 0 Å². The number of hydrogen-bond acceptors (Lipinski definition) is 5. The van der Waals surface area contributed by atoms with E-state index in [1.165, 1.54) is 6.42 Å². The predicted molar refractivity (Wildman–Crippen MR) is 101 cm³/mol. The van der Waals surface area contributed by atoms with Gasteiger partial charge in [-0.25, -0.2) is 0 Å². The maximum Gasteiger partial charge on any atom is 0.253 e. The van der Waals surface area contributed by atoms with Crippen molar-refractivity contribution in [3.63, 3.8) is 0 Å². The van der Waals surface area contributed by atoms with Crippen LogP contribution in [-0.4, -0.2) is 45.9 Å². The number of amides is 1. The van der Waals surface area contributed by atoms with Crippen LogP contribution in [0, 0.1) is 11.8 Å². The molecule has 2 aromatic rings. The molecule has 6 nitrogen and oxygen atoms in total. The summed E-state index contributed by atoms with van der Waals surface area (Å²) >= 11 is 0. The molecule has 1 amide bonds. The van der Waals surface area contributed by atoms with Crippen LogP contribution in [-0.2, 0) is 0 Å². The molecule has 3 heterocycles. The Kier molecular flexibility index (Phi) is 4.87. The van der Waals surface area contributed by atoms with Crippen molar-refractivity contribution in [2.75, 3.05) is 13.1 Å². The summed E-state index contributed by atoms with van der Waals surface area (Å²) in [7, 11) is 0.